The number of nitrogens with one attached hydrogen (secondary N) is 1. The number of hydrogen-bond donors (Lipinski definition) is 1. The number of rotatable bonds is 6. The van der Waals surface area contributed by atoms with Gasteiger partial charge < -0.3 is 10.2 Å². The summed E-state index contributed by atoms with van der Waals surface area (Å²) in [6, 6.07) is 20.5. The summed E-state index contributed by atoms with van der Waals surface area (Å²) >= 11 is 1.71. The Kier molecular flexibility index (Phi) is 6.45. The minimum Gasteiger partial charge on any atom is -0.369 e. The van der Waals surface area contributed by atoms with E-state index in [2.05, 4.69) is 50.8 Å². The lowest BCUT2D eigenvalue weighted by Crippen LogP contribution is -2.52. The predicted octanol–water partition coefficient (Wildman–Crippen LogP) is 4.57. The van der Waals surface area contributed by atoms with Gasteiger partial charge >= 0.3 is 0 Å². The molecule has 1 N–H and O–H groups in total. The molecule has 0 radical (unpaired) electrons. The highest BCUT2D eigenvalue weighted by molar-refractivity contribution is 7.10. The molecule has 4 rings (SSSR count). The SMILES string of the molecule is C[C@H](NC(=O)c1cccc(F)c1)[C@@H](c1cccs1)N1CCN(c2ccccc2)CC1. The fourth-order valence-electron chi connectivity index (χ4n) is 4.10. The van der Waals surface area contributed by atoms with Crippen molar-refractivity contribution in [2.24, 2.45) is 0 Å². The first-order valence-corrected chi connectivity index (χ1v) is 11.1. The Bertz CT molecular complexity index is 956. The van der Waals surface area contributed by atoms with Crippen molar-refractivity contribution in [1.82, 2.24) is 10.2 Å². The summed E-state index contributed by atoms with van der Waals surface area (Å²) in [4.78, 5) is 18.8. The van der Waals surface area contributed by atoms with E-state index < -0.39 is 5.82 Å². The van der Waals surface area contributed by atoms with Crippen LogP contribution in [0.15, 0.2) is 72.1 Å². The topological polar surface area (TPSA) is 35.6 Å². The molecule has 1 aromatic heterocycles. The van der Waals surface area contributed by atoms with E-state index >= 15 is 0 Å². The van der Waals surface area contributed by atoms with Gasteiger partial charge in [0.25, 0.3) is 5.91 Å². The van der Waals surface area contributed by atoms with Gasteiger partial charge in [-0.15, -0.1) is 11.3 Å². The first-order valence-electron chi connectivity index (χ1n) is 10.3. The molecule has 0 aliphatic carbocycles. The second-order valence-electron chi connectivity index (χ2n) is 7.59. The molecule has 0 spiro atoms. The summed E-state index contributed by atoms with van der Waals surface area (Å²) in [5, 5.41) is 5.17. The van der Waals surface area contributed by atoms with Crippen LogP contribution in [0.4, 0.5) is 10.1 Å². The van der Waals surface area contributed by atoms with Crippen molar-refractivity contribution in [3.05, 3.63) is 88.4 Å². The van der Waals surface area contributed by atoms with Crippen molar-refractivity contribution in [2.75, 3.05) is 31.1 Å². The highest BCUT2D eigenvalue weighted by Crippen LogP contribution is 2.30. The van der Waals surface area contributed by atoms with Gasteiger partial charge in [0.1, 0.15) is 5.82 Å². The summed E-state index contributed by atoms with van der Waals surface area (Å²) in [5.41, 5.74) is 1.60. The molecule has 1 aliphatic heterocycles. The average Bonchev–Trinajstić information content (AvgIpc) is 3.29. The predicted molar refractivity (Wildman–Crippen MR) is 121 cm³/mol. The van der Waals surface area contributed by atoms with Gasteiger partial charge in [-0.25, -0.2) is 4.39 Å². The second kappa shape index (κ2) is 9.41. The Labute approximate surface area is 180 Å². The van der Waals surface area contributed by atoms with Crippen LogP contribution >= 0.6 is 11.3 Å². The Morgan fingerprint density at radius 1 is 1.00 bits per heavy atom. The molecule has 1 saturated heterocycles. The van der Waals surface area contributed by atoms with Gasteiger partial charge in [0.15, 0.2) is 0 Å². The van der Waals surface area contributed by atoms with Crippen LogP contribution in [0, 0.1) is 5.82 Å². The number of amides is 1. The molecule has 2 atom stereocenters. The van der Waals surface area contributed by atoms with Crippen LogP contribution in [0.25, 0.3) is 0 Å². The maximum atomic E-state index is 13.5. The largest absolute Gasteiger partial charge is 0.369 e. The molecular formula is C24H26FN3OS. The summed E-state index contributed by atoms with van der Waals surface area (Å²) < 4.78 is 13.5. The molecule has 1 aliphatic rings. The van der Waals surface area contributed by atoms with E-state index in [1.165, 1.54) is 22.7 Å². The van der Waals surface area contributed by atoms with Crippen LogP contribution in [-0.2, 0) is 0 Å². The van der Waals surface area contributed by atoms with Gasteiger partial charge in [0.05, 0.1) is 6.04 Å². The number of para-hydroxylation sites is 1. The molecule has 3 aromatic rings. The van der Waals surface area contributed by atoms with Crippen LogP contribution < -0.4 is 10.2 Å². The zero-order valence-corrected chi connectivity index (χ0v) is 17.8. The average molecular weight is 424 g/mol. The number of halogens is 1. The van der Waals surface area contributed by atoms with E-state index in [0.29, 0.717) is 5.56 Å². The lowest BCUT2D eigenvalue weighted by Gasteiger charge is -2.42. The number of nitrogens with zero attached hydrogens (tertiary/aromatic N) is 2. The van der Waals surface area contributed by atoms with Crippen LogP contribution in [0.1, 0.15) is 28.2 Å². The van der Waals surface area contributed by atoms with Crippen molar-refractivity contribution >= 4 is 22.9 Å². The molecule has 0 saturated carbocycles. The Hall–Kier alpha value is -2.70. The van der Waals surface area contributed by atoms with E-state index in [1.54, 1.807) is 23.5 Å². The quantitative estimate of drug-likeness (QED) is 0.631. The van der Waals surface area contributed by atoms with Crippen LogP contribution in [-0.4, -0.2) is 43.0 Å². The lowest BCUT2D eigenvalue weighted by atomic mass is 10.0. The lowest BCUT2D eigenvalue weighted by molar-refractivity contribution is 0.0890. The van der Waals surface area contributed by atoms with Crippen molar-refractivity contribution in [1.29, 1.82) is 0 Å². The summed E-state index contributed by atoms with van der Waals surface area (Å²) in [5.74, 6) is -0.645. The Morgan fingerprint density at radius 2 is 1.77 bits per heavy atom. The molecule has 2 aromatic carbocycles. The molecule has 6 heteroatoms. The smallest absolute Gasteiger partial charge is 0.251 e. The summed E-state index contributed by atoms with van der Waals surface area (Å²) in [6.07, 6.45) is 0. The summed E-state index contributed by atoms with van der Waals surface area (Å²) in [7, 11) is 0. The normalized spacial score (nSPS) is 16.8. The molecule has 1 amide bonds. The van der Waals surface area contributed by atoms with Crippen LogP contribution in [0.3, 0.4) is 0 Å². The van der Waals surface area contributed by atoms with Gasteiger partial charge in [-0.3, -0.25) is 9.69 Å². The highest BCUT2D eigenvalue weighted by atomic mass is 32.1. The first kappa shape index (κ1) is 20.6. The van der Waals surface area contributed by atoms with Gasteiger partial charge in [-0.1, -0.05) is 30.3 Å². The molecule has 1 fully saturated rings. The van der Waals surface area contributed by atoms with Gasteiger partial charge in [0, 0.05) is 48.3 Å². The fourth-order valence-corrected chi connectivity index (χ4v) is 5.06. The third kappa shape index (κ3) is 4.71. The second-order valence-corrected chi connectivity index (χ2v) is 8.57. The zero-order chi connectivity index (χ0) is 20.9. The Balaban J connectivity index is 1.46. The number of benzene rings is 2. The molecule has 156 valence electrons. The maximum Gasteiger partial charge on any atom is 0.251 e. The third-order valence-corrected chi connectivity index (χ3v) is 6.53. The third-order valence-electron chi connectivity index (χ3n) is 5.58. The van der Waals surface area contributed by atoms with E-state index in [4.69, 9.17) is 0 Å². The van der Waals surface area contributed by atoms with Crippen molar-refractivity contribution in [2.45, 2.75) is 19.0 Å². The molecule has 2 heterocycles. The molecule has 0 unspecified atom stereocenters. The zero-order valence-electron chi connectivity index (χ0n) is 17.0. The minimum absolute atomic E-state index is 0.0837. The van der Waals surface area contributed by atoms with Crippen LogP contribution in [0.2, 0.25) is 0 Å². The Morgan fingerprint density at radius 3 is 2.43 bits per heavy atom. The van der Waals surface area contributed by atoms with Gasteiger partial charge in [0.2, 0.25) is 0 Å². The van der Waals surface area contributed by atoms with E-state index in [9.17, 15) is 9.18 Å². The van der Waals surface area contributed by atoms with E-state index in [-0.39, 0.29) is 18.0 Å². The number of piperazine rings is 1. The molecular weight excluding hydrogens is 397 g/mol. The number of thiophene rings is 1. The fraction of sp³-hybridized carbons (Fsp3) is 0.292. The van der Waals surface area contributed by atoms with E-state index in [1.807, 2.05) is 19.1 Å². The van der Waals surface area contributed by atoms with E-state index in [0.717, 1.165) is 26.2 Å². The molecule has 0 bridgehead atoms. The maximum absolute atomic E-state index is 13.5. The number of carbonyl (C=O) groups is 1. The highest BCUT2D eigenvalue weighted by Gasteiger charge is 2.31. The van der Waals surface area contributed by atoms with Crippen molar-refractivity contribution in [3.63, 3.8) is 0 Å². The molecule has 30 heavy (non-hydrogen) atoms. The van der Waals surface area contributed by atoms with Crippen molar-refractivity contribution in [3.8, 4) is 0 Å². The number of hydrogen-bond acceptors (Lipinski definition) is 4. The van der Waals surface area contributed by atoms with Crippen LogP contribution in [0.5, 0.6) is 0 Å². The molecule has 4 nitrogen and oxygen atoms in total. The first-order chi connectivity index (χ1) is 14.6. The summed E-state index contributed by atoms with van der Waals surface area (Å²) in [6.45, 7) is 5.74. The number of anilines is 1. The van der Waals surface area contributed by atoms with Crippen molar-refractivity contribution < 1.29 is 9.18 Å². The minimum atomic E-state index is -0.401. The number of carbonyl (C=O) groups excluding carboxylic acids is 1. The van der Waals surface area contributed by atoms with Gasteiger partial charge in [-0.2, -0.15) is 0 Å². The standard InChI is InChI=1S/C24H26FN3OS/c1-18(26-24(29)19-7-5-8-20(25)17-19)23(22-11-6-16-30-22)28-14-12-27(13-15-28)21-9-3-2-4-10-21/h2-11,16-18,23H,12-15H2,1H3,(H,26,29)/t18-,23-/m0/s1. The monoisotopic (exact) mass is 423 g/mol. The van der Waals surface area contributed by atoms with Gasteiger partial charge in [-0.05, 0) is 48.7 Å².